The molecular formula is C39H60O9Si. The molecule has 9 nitrogen and oxygen atoms in total. The van der Waals surface area contributed by atoms with Crippen LogP contribution in [0.15, 0.2) is 11.6 Å². The van der Waals surface area contributed by atoms with E-state index in [2.05, 4.69) is 68.5 Å². The fourth-order valence-electron chi connectivity index (χ4n) is 8.85. The summed E-state index contributed by atoms with van der Waals surface area (Å²) in [4.78, 5) is 42.0. The second-order valence-corrected chi connectivity index (χ2v) is 21.8. The molecule has 2 saturated carbocycles. The molecule has 10 heteroatoms. The van der Waals surface area contributed by atoms with Crippen molar-refractivity contribution in [3.63, 3.8) is 0 Å². The predicted molar refractivity (Wildman–Crippen MR) is 192 cm³/mol. The Bertz CT molecular complexity index is 1460. The second kappa shape index (κ2) is 13.7. The summed E-state index contributed by atoms with van der Waals surface area (Å²) < 4.78 is 35.1. The van der Waals surface area contributed by atoms with Gasteiger partial charge in [0.25, 0.3) is 0 Å². The van der Waals surface area contributed by atoms with Crippen LogP contribution in [0.25, 0.3) is 0 Å². The molecule has 4 rings (SSSR count). The SMILES string of the molecule is COC(=O)c1c(OC)c(C(=O)OC)c(OC)c([C@@H](CC(C)C)[C@@]2(C)C(=O)C=C3[C@@H](CO[Si](C)(C)C(C)(C)C)CC[C@@H]4[C@H]([C@@H]32)C4(C)C)c1OC. The normalized spacial score (nSPS) is 26.6. The number of methoxy groups -OCH3 is 5. The Hall–Kier alpha value is -2.85. The smallest absolute Gasteiger partial charge is 0.345 e. The van der Waals surface area contributed by atoms with E-state index in [4.69, 9.17) is 28.1 Å². The lowest BCUT2D eigenvalue weighted by Gasteiger charge is -2.43. The molecule has 0 amide bonds. The first-order chi connectivity index (χ1) is 22.7. The predicted octanol–water partition coefficient (Wildman–Crippen LogP) is 8.25. The molecule has 0 saturated heterocycles. The van der Waals surface area contributed by atoms with Crippen molar-refractivity contribution in [2.75, 3.05) is 42.2 Å². The van der Waals surface area contributed by atoms with Crippen molar-refractivity contribution < 1.29 is 42.5 Å². The quantitative estimate of drug-likeness (QED) is 0.157. The fraction of sp³-hybridized carbons (Fsp3) is 0.718. The van der Waals surface area contributed by atoms with Crippen molar-refractivity contribution in [1.29, 1.82) is 0 Å². The highest BCUT2D eigenvalue weighted by atomic mass is 28.4. The Morgan fingerprint density at radius 3 is 1.82 bits per heavy atom. The van der Waals surface area contributed by atoms with E-state index < -0.39 is 31.6 Å². The summed E-state index contributed by atoms with van der Waals surface area (Å²) in [6.45, 7) is 22.8. The molecule has 1 aromatic carbocycles. The van der Waals surface area contributed by atoms with E-state index in [1.807, 2.05) is 6.08 Å². The number of carbonyl (C=O) groups excluding carboxylic acids is 3. The van der Waals surface area contributed by atoms with Crippen molar-refractivity contribution in [3.8, 4) is 17.2 Å². The van der Waals surface area contributed by atoms with Crippen LogP contribution in [0.5, 0.6) is 17.2 Å². The molecule has 0 bridgehead atoms. The first-order valence-corrected chi connectivity index (χ1v) is 20.5. The van der Waals surface area contributed by atoms with Crippen molar-refractivity contribution in [2.24, 2.45) is 40.4 Å². The van der Waals surface area contributed by atoms with Gasteiger partial charge in [-0.25, -0.2) is 9.59 Å². The highest BCUT2D eigenvalue weighted by molar-refractivity contribution is 6.74. The largest absolute Gasteiger partial charge is 0.495 e. The molecule has 274 valence electrons. The van der Waals surface area contributed by atoms with E-state index in [0.29, 0.717) is 24.5 Å². The van der Waals surface area contributed by atoms with Gasteiger partial charge in [-0.3, -0.25) is 4.79 Å². The van der Waals surface area contributed by atoms with Gasteiger partial charge in [0.1, 0.15) is 22.6 Å². The third-order valence-corrected chi connectivity index (χ3v) is 17.2. The Balaban J connectivity index is 2.03. The molecule has 3 aliphatic rings. The first-order valence-electron chi connectivity index (χ1n) is 17.6. The van der Waals surface area contributed by atoms with Gasteiger partial charge in [-0.1, -0.05) is 61.0 Å². The third kappa shape index (κ3) is 6.34. The zero-order valence-electron chi connectivity index (χ0n) is 32.5. The van der Waals surface area contributed by atoms with E-state index in [1.54, 1.807) is 0 Å². The van der Waals surface area contributed by atoms with Crippen LogP contribution in [0.4, 0.5) is 0 Å². The van der Waals surface area contributed by atoms with Crippen LogP contribution in [-0.4, -0.2) is 68.2 Å². The highest BCUT2D eigenvalue weighted by Gasteiger charge is 2.70. The van der Waals surface area contributed by atoms with Gasteiger partial charge < -0.3 is 28.1 Å². The fourth-order valence-corrected chi connectivity index (χ4v) is 9.90. The van der Waals surface area contributed by atoms with Crippen LogP contribution in [0.3, 0.4) is 0 Å². The van der Waals surface area contributed by atoms with Gasteiger partial charge in [0, 0.05) is 29.4 Å². The average Bonchev–Trinajstić information content (AvgIpc) is 3.53. The van der Waals surface area contributed by atoms with E-state index in [1.165, 1.54) is 41.1 Å². The summed E-state index contributed by atoms with van der Waals surface area (Å²) in [6, 6.07) is 0. The minimum atomic E-state index is -2.05. The Morgan fingerprint density at radius 1 is 0.878 bits per heavy atom. The maximum Gasteiger partial charge on any atom is 0.345 e. The average molecular weight is 701 g/mol. The van der Waals surface area contributed by atoms with Crippen molar-refractivity contribution >= 4 is 26.0 Å². The zero-order valence-corrected chi connectivity index (χ0v) is 33.5. The Kier molecular flexibility index (Phi) is 10.9. The third-order valence-electron chi connectivity index (χ3n) is 12.6. The molecule has 2 fully saturated rings. The van der Waals surface area contributed by atoms with E-state index in [0.717, 1.165) is 12.8 Å². The summed E-state index contributed by atoms with van der Waals surface area (Å²) in [5, 5.41) is 0.0637. The van der Waals surface area contributed by atoms with Gasteiger partial charge in [0.05, 0.1) is 35.5 Å². The molecule has 0 aliphatic heterocycles. The molecule has 1 aromatic rings. The van der Waals surface area contributed by atoms with Gasteiger partial charge in [-0.15, -0.1) is 0 Å². The second-order valence-electron chi connectivity index (χ2n) is 17.0. The number of hydrogen-bond donors (Lipinski definition) is 0. The zero-order chi connectivity index (χ0) is 37.0. The van der Waals surface area contributed by atoms with Crippen LogP contribution < -0.4 is 14.2 Å². The maximum atomic E-state index is 14.9. The van der Waals surface area contributed by atoms with Gasteiger partial charge >= 0.3 is 11.9 Å². The topological polar surface area (TPSA) is 107 Å². The molecule has 6 atom stereocenters. The van der Waals surface area contributed by atoms with Gasteiger partial charge in [-0.2, -0.15) is 0 Å². The van der Waals surface area contributed by atoms with Gasteiger partial charge in [0.2, 0.25) is 0 Å². The molecule has 0 spiro atoms. The van der Waals surface area contributed by atoms with Gasteiger partial charge in [0.15, 0.2) is 19.9 Å². The summed E-state index contributed by atoms with van der Waals surface area (Å²) in [6.07, 6.45) is 4.51. The number of hydrogen-bond acceptors (Lipinski definition) is 9. The van der Waals surface area contributed by atoms with Crippen LogP contribution in [0.2, 0.25) is 18.1 Å². The lowest BCUT2D eigenvalue weighted by molar-refractivity contribution is -0.126. The lowest BCUT2D eigenvalue weighted by atomic mass is 9.59. The van der Waals surface area contributed by atoms with Crippen LogP contribution >= 0.6 is 0 Å². The number of fused-ring (bicyclic) bond motifs is 3. The lowest BCUT2D eigenvalue weighted by Crippen LogP contribution is -2.43. The molecule has 0 radical (unpaired) electrons. The highest BCUT2D eigenvalue weighted by Crippen LogP contribution is 2.74. The first kappa shape index (κ1) is 38.9. The number of esters is 2. The van der Waals surface area contributed by atoms with Crippen LogP contribution in [0, 0.1) is 40.4 Å². The van der Waals surface area contributed by atoms with Crippen LogP contribution in [0.1, 0.15) is 107 Å². The minimum absolute atomic E-state index is 0.0398. The Labute approximate surface area is 294 Å². The van der Waals surface area contributed by atoms with Crippen molar-refractivity contribution in [3.05, 3.63) is 28.3 Å². The number of ether oxygens (including phenoxy) is 5. The molecule has 0 heterocycles. The monoisotopic (exact) mass is 700 g/mol. The van der Waals surface area contributed by atoms with Crippen molar-refractivity contribution in [2.45, 2.75) is 98.7 Å². The van der Waals surface area contributed by atoms with E-state index in [-0.39, 0.29) is 68.3 Å². The van der Waals surface area contributed by atoms with Crippen molar-refractivity contribution in [1.82, 2.24) is 0 Å². The summed E-state index contributed by atoms with van der Waals surface area (Å²) in [7, 11) is 4.78. The summed E-state index contributed by atoms with van der Waals surface area (Å²) >= 11 is 0. The van der Waals surface area contributed by atoms with E-state index in [9.17, 15) is 14.4 Å². The molecular weight excluding hydrogens is 641 g/mol. The number of ketones is 1. The number of benzene rings is 1. The molecule has 0 unspecified atom stereocenters. The molecule has 3 aliphatic carbocycles. The standard InChI is InChI=1S/C39H60O9Si/c1-21(2)18-25(27-32(43-9)28(35(41)46-12)34(45-11)29(33(27)44-10)36(42)47-13)39(8)26(40)19-23-22(20-48-49(14,15)37(3,4)5)16-17-24-31(30(23)39)38(24,6)7/h19,21-22,24-25,30-31H,16-18,20H2,1-15H3/t22-,24-,25-,30-,31-,39+/m1/s1. The van der Waals surface area contributed by atoms with Gasteiger partial charge in [-0.05, 0) is 72.6 Å². The number of rotatable bonds is 12. The van der Waals surface area contributed by atoms with Crippen LogP contribution in [-0.2, 0) is 18.7 Å². The summed E-state index contributed by atoms with van der Waals surface area (Å²) in [5.41, 5.74) is 0.638. The summed E-state index contributed by atoms with van der Waals surface area (Å²) in [5.74, 6) is -0.801. The molecule has 0 N–H and O–H groups in total. The van der Waals surface area contributed by atoms with E-state index >= 15 is 0 Å². The minimum Gasteiger partial charge on any atom is -0.495 e. The Morgan fingerprint density at radius 2 is 1.39 bits per heavy atom. The molecule has 49 heavy (non-hydrogen) atoms. The maximum absolute atomic E-state index is 14.9. The molecule has 0 aromatic heterocycles. The number of allylic oxidation sites excluding steroid dienone is 1. The number of carbonyl (C=O) groups is 3.